The van der Waals surface area contributed by atoms with Crippen LogP contribution < -0.4 is 5.32 Å². The molecule has 1 saturated carbocycles. The Balaban J connectivity index is 1.27. The predicted octanol–water partition coefficient (Wildman–Crippen LogP) is 4.22. The summed E-state index contributed by atoms with van der Waals surface area (Å²) in [6.07, 6.45) is 6.95. The molecule has 1 aromatic heterocycles. The van der Waals surface area contributed by atoms with E-state index in [1.807, 2.05) is 36.7 Å². The van der Waals surface area contributed by atoms with Crippen molar-refractivity contribution in [3.63, 3.8) is 0 Å². The molecule has 2 aliphatic rings. The van der Waals surface area contributed by atoms with Gasteiger partial charge in [0.25, 0.3) is 5.91 Å². The van der Waals surface area contributed by atoms with E-state index >= 15 is 0 Å². The molecule has 5 nitrogen and oxygen atoms in total. The Morgan fingerprint density at radius 2 is 1.85 bits per heavy atom. The Hall–Kier alpha value is -2.66. The van der Waals surface area contributed by atoms with E-state index in [9.17, 15) is 4.79 Å². The largest absolute Gasteiger partial charge is 0.327 e. The smallest absolute Gasteiger partial charge is 0.255 e. The van der Waals surface area contributed by atoms with Crippen LogP contribution in [0, 0.1) is 0 Å². The van der Waals surface area contributed by atoms with Crippen molar-refractivity contribution in [1.82, 2.24) is 14.5 Å². The molecule has 3 aromatic rings. The fourth-order valence-electron chi connectivity index (χ4n) is 3.91. The fraction of sp³-hybridized carbons (Fsp3) is 0.364. The third-order valence-corrected chi connectivity index (χ3v) is 5.59. The Kier molecular flexibility index (Phi) is 4.17. The van der Waals surface area contributed by atoms with Gasteiger partial charge < -0.3 is 9.88 Å². The minimum absolute atomic E-state index is 0.0924. The standard InChI is InChI=1S/C22H24N4O/c27-22(17-5-10-21-20(13-17)23-15-26(21)19-8-9-19)24-18-6-3-16(4-7-18)14-25-11-1-2-12-25/h3-7,10,13,15,19H,1-2,8-9,11-12,14H2,(H,24,27). The Morgan fingerprint density at radius 3 is 2.59 bits per heavy atom. The first kappa shape index (κ1) is 16.5. The lowest BCUT2D eigenvalue weighted by molar-refractivity contribution is 0.102. The second-order valence-corrected chi connectivity index (χ2v) is 7.72. The number of fused-ring (bicyclic) bond motifs is 1. The zero-order valence-corrected chi connectivity index (χ0v) is 15.4. The number of nitrogens with one attached hydrogen (secondary N) is 1. The zero-order valence-electron chi connectivity index (χ0n) is 15.4. The average molecular weight is 360 g/mol. The molecule has 138 valence electrons. The molecule has 5 heteroatoms. The van der Waals surface area contributed by atoms with Crippen molar-refractivity contribution >= 4 is 22.6 Å². The van der Waals surface area contributed by atoms with Crippen LogP contribution in [0.2, 0.25) is 0 Å². The fourth-order valence-corrected chi connectivity index (χ4v) is 3.91. The van der Waals surface area contributed by atoms with Crippen molar-refractivity contribution in [3.8, 4) is 0 Å². The highest BCUT2D eigenvalue weighted by Gasteiger charge is 2.25. The van der Waals surface area contributed by atoms with E-state index in [4.69, 9.17) is 0 Å². The third kappa shape index (κ3) is 3.47. The van der Waals surface area contributed by atoms with Gasteiger partial charge in [0, 0.05) is 23.8 Å². The third-order valence-electron chi connectivity index (χ3n) is 5.59. The number of rotatable bonds is 5. The summed E-state index contributed by atoms with van der Waals surface area (Å²) in [5.41, 5.74) is 4.76. The van der Waals surface area contributed by atoms with Gasteiger partial charge in [0.2, 0.25) is 0 Å². The van der Waals surface area contributed by atoms with Crippen LogP contribution in [0.4, 0.5) is 5.69 Å². The lowest BCUT2D eigenvalue weighted by atomic mass is 10.1. The highest BCUT2D eigenvalue weighted by Crippen LogP contribution is 2.37. The molecule has 1 saturated heterocycles. The maximum absolute atomic E-state index is 12.6. The van der Waals surface area contributed by atoms with E-state index in [-0.39, 0.29) is 5.91 Å². The Bertz CT molecular complexity index is 966. The topological polar surface area (TPSA) is 50.2 Å². The number of hydrogen-bond donors (Lipinski definition) is 1. The van der Waals surface area contributed by atoms with Crippen LogP contribution in [0.3, 0.4) is 0 Å². The number of carbonyl (C=O) groups excluding carboxylic acids is 1. The number of amides is 1. The van der Waals surface area contributed by atoms with Crippen LogP contribution in [0.1, 0.15) is 47.6 Å². The van der Waals surface area contributed by atoms with E-state index in [0.717, 1.165) is 23.3 Å². The molecule has 2 aromatic carbocycles. The van der Waals surface area contributed by atoms with Gasteiger partial charge in [0.15, 0.2) is 0 Å². The maximum atomic E-state index is 12.6. The van der Waals surface area contributed by atoms with Crippen molar-refractivity contribution in [3.05, 3.63) is 59.9 Å². The summed E-state index contributed by atoms with van der Waals surface area (Å²) in [5.74, 6) is -0.0924. The summed E-state index contributed by atoms with van der Waals surface area (Å²) in [7, 11) is 0. The number of likely N-dealkylation sites (tertiary alicyclic amines) is 1. The SMILES string of the molecule is O=C(Nc1ccc(CN2CCCC2)cc1)c1ccc2c(c1)ncn2C1CC1. The van der Waals surface area contributed by atoms with Gasteiger partial charge in [-0.3, -0.25) is 9.69 Å². The van der Waals surface area contributed by atoms with Crippen molar-refractivity contribution in [2.75, 3.05) is 18.4 Å². The molecule has 0 spiro atoms. The molecule has 1 amide bonds. The van der Waals surface area contributed by atoms with Crippen LogP contribution in [0.15, 0.2) is 48.8 Å². The second kappa shape index (κ2) is 6.82. The normalized spacial score (nSPS) is 17.5. The van der Waals surface area contributed by atoms with Crippen molar-refractivity contribution in [2.24, 2.45) is 0 Å². The molecule has 2 fully saturated rings. The molecule has 5 rings (SSSR count). The molecular formula is C22H24N4O. The van der Waals surface area contributed by atoms with Crippen molar-refractivity contribution < 1.29 is 4.79 Å². The lowest BCUT2D eigenvalue weighted by Crippen LogP contribution is -2.18. The Morgan fingerprint density at radius 1 is 1.07 bits per heavy atom. The first-order chi connectivity index (χ1) is 13.3. The molecule has 0 unspecified atom stereocenters. The number of nitrogens with zero attached hydrogens (tertiary/aromatic N) is 3. The summed E-state index contributed by atoms with van der Waals surface area (Å²) >= 11 is 0. The Labute approximate surface area is 159 Å². The van der Waals surface area contributed by atoms with Gasteiger partial charge in [0.1, 0.15) is 0 Å². The van der Waals surface area contributed by atoms with Gasteiger partial charge >= 0.3 is 0 Å². The molecule has 1 N–H and O–H groups in total. The summed E-state index contributed by atoms with van der Waals surface area (Å²) in [4.78, 5) is 19.6. The quantitative estimate of drug-likeness (QED) is 0.741. The number of hydrogen-bond acceptors (Lipinski definition) is 3. The molecule has 0 atom stereocenters. The minimum Gasteiger partial charge on any atom is -0.327 e. The highest BCUT2D eigenvalue weighted by molar-refractivity contribution is 6.05. The van der Waals surface area contributed by atoms with Gasteiger partial charge in [-0.1, -0.05) is 12.1 Å². The van der Waals surface area contributed by atoms with Gasteiger partial charge in [-0.25, -0.2) is 4.98 Å². The lowest BCUT2D eigenvalue weighted by Gasteiger charge is -2.14. The van der Waals surface area contributed by atoms with Gasteiger partial charge in [0.05, 0.1) is 17.4 Å². The van der Waals surface area contributed by atoms with E-state index in [1.165, 1.54) is 44.3 Å². The zero-order chi connectivity index (χ0) is 18.2. The van der Waals surface area contributed by atoms with Crippen LogP contribution in [-0.4, -0.2) is 33.4 Å². The first-order valence-electron chi connectivity index (χ1n) is 9.85. The molecule has 0 radical (unpaired) electrons. The first-order valence-corrected chi connectivity index (χ1v) is 9.85. The summed E-state index contributed by atoms with van der Waals surface area (Å²) in [5, 5.41) is 3.00. The number of aromatic nitrogens is 2. The maximum Gasteiger partial charge on any atom is 0.255 e. The summed E-state index contributed by atoms with van der Waals surface area (Å²) in [6.45, 7) is 3.38. The van der Waals surface area contributed by atoms with Crippen molar-refractivity contribution in [1.29, 1.82) is 0 Å². The van der Waals surface area contributed by atoms with Gasteiger partial charge in [-0.05, 0) is 74.7 Å². The summed E-state index contributed by atoms with van der Waals surface area (Å²) in [6, 6.07) is 14.6. The predicted molar refractivity (Wildman–Crippen MR) is 107 cm³/mol. The highest BCUT2D eigenvalue weighted by atomic mass is 16.1. The van der Waals surface area contributed by atoms with E-state index in [2.05, 4.69) is 31.9 Å². The molecule has 1 aliphatic carbocycles. The van der Waals surface area contributed by atoms with Crippen LogP contribution in [0.5, 0.6) is 0 Å². The monoisotopic (exact) mass is 360 g/mol. The summed E-state index contributed by atoms with van der Waals surface area (Å²) < 4.78 is 2.22. The molecule has 27 heavy (non-hydrogen) atoms. The number of anilines is 1. The minimum atomic E-state index is -0.0924. The van der Waals surface area contributed by atoms with Gasteiger partial charge in [-0.2, -0.15) is 0 Å². The number of imidazole rings is 1. The van der Waals surface area contributed by atoms with E-state index < -0.39 is 0 Å². The molecule has 0 bridgehead atoms. The van der Waals surface area contributed by atoms with Crippen LogP contribution in [-0.2, 0) is 6.54 Å². The molecule has 2 heterocycles. The molecule has 1 aliphatic heterocycles. The van der Waals surface area contributed by atoms with E-state index in [0.29, 0.717) is 11.6 Å². The van der Waals surface area contributed by atoms with Gasteiger partial charge in [-0.15, -0.1) is 0 Å². The second-order valence-electron chi connectivity index (χ2n) is 7.72. The van der Waals surface area contributed by atoms with E-state index in [1.54, 1.807) is 0 Å². The number of carbonyl (C=O) groups is 1. The molecular weight excluding hydrogens is 336 g/mol. The van der Waals surface area contributed by atoms with Crippen LogP contribution in [0.25, 0.3) is 11.0 Å². The van der Waals surface area contributed by atoms with Crippen molar-refractivity contribution in [2.45, 2.75) is 38.3 Å². The van der Waals surface area contributed by atoms with Crippen LogP contribution >= 0.6 is 0 Å². The number of benzene rings is 2. The average Bonchev–Trinajstić information content (AvgIpc) is 3.24.